The van der Waals surface area contributed by atoms with Crippen LogP contribution in [0.5, 0.6) is 11.5 Å². The van der Waals surface area contributed by atoms with E-state index >= 15 is 0 Å². The zero-order chi connectivity index (χ0) is 11.5. The lowest BCUT2D eigenvalue weighted by Crippen LogP contribution is -2.03. The van der Waals surface area contributed by atoms with Gasteiger partial charge in [0, 0.05) is 11.1 Å². The Kier molecular flexibility index (Phi) is 3.00. The summed E-state index contributed by atoms with van der Waals surface area (Å²) in [6, 6.07) is 3.61. The monoisotopic (exact) mass is 216 g/mol. The standard InChI is InChI=1S/C14H16O2/c1-10(2)5-7-12-13(15)8-6-11-4-3-9-16-14(11)12/h3-6,8,15H,7,9H2,1-2H3. The minimum Gasteiger partial charge on any atom is -0.508 e. The van der Waals surface area contributed by atoms with Gasteiger partial charge < -0.3 is 9.84 Å². The van der Waals surface area contributed by atoms with Crippen LogP contribution in [0.25, 0.3) is 6.08 Å². The molecule has 1 aliphatic rings. The second-order valence-electron chi connectivity index (χ2n) is 4.18. The molecule has 2 heteroatoms. The average Bonchev–Trinajstić information content (AvgIpc) is 2.27. The number of hydrogen-bond acceptors (Lipinski definition) is 2. The molecule has 1 aromatic rings. The molecule has 0 aliphatic carbocycles. The fraction of sp³-hybridized carbons (Fsp3) is 0.286. The number of aromatic hydroxyl groups is 1. The first-order chi connectivity index (χ1) is 7.68. The van der Waals surface area contributed by atoms with E-state index in [1.54, 1.807) is 6.07 Å². The predicted octanol–water partition coefficient (Wildman–Crippen LogP) is 3.31. The minimum absolute atomic E-state index is 0.312. The van der Waals surface area contributed by atoms with Gasteiger partial charge in [-0.3, -0.25) is 0 Å². The number of phenols is 1. The number of ether oxygens (including phenoxy) is 1. The molecule has 1 N–H and O–H groups in total. The molecular weight excluding hydrogens is 200 g/mol. The van der Waals surface area contributed by atoms with Crippen LogP contribution in [-0.4, -0.2) is 11.7 Å². The summed E-state index contributed by atoms with van der Waals surface area (Å²) in [5.74, 6) is 1.13. The van der Waals surface area contributed by atoms with Crippen LogP contribution in [0.3, 0.4) is 0 Å². The first-order valence-corrected chi connectivity index (χ1v) is 5.46. The number of rotatable bonds is 2. The van der Waals surface area contributed by atoms with Gasteiger partial charge in [0.2, 0.25) is 0 Å². The number of hydrogen-bond donors (Lipinski definition) is 1. The van der Waals surface area contributed by atoms with Crippen molar-refractivity contribution in [1.82, 2.24) is 0 Å². The lowest BCUT2D eigenvalue weighted by Gasteiger charge is -2.17. The van der Waals surface area contributed by atoms with Crippen LogP contribution in [-0.2, 0) is 6.42 Å². The van der Waals surface area contributed by atoms with E-state index in [0.29, 0.717) is 18.8 Å². The van der Waals surface area contributed by atoms with Gasteiger partial charge in [0.05, 0.1) is 0 Å². The summed E-state index contributed by atoms with van der Waals surface area (Å²) >= 11 is 0. The molecule has 0 atom stereocenters. The molecule has 1 aromatic carbocycles. The fourth-order valence-corrected chi connectivity index (χ4v) is 1.75. The molecule has 0 saturated carbocycles. The smallest absolute Gasteiger partial charge is 0.134 e. The van der Waals surface area contributed by atoms with Crippen molar-refractivity contribution in [3.05, 3.63) is 41.0 Å². The molecule has 2 nitrogen and oxygen atoms in total. The number of benzene rings is 1. The Bertz CT molecular complexity index is 452. The molecule has 0 spiro atoms. The molecule has 0 amide bonds. The Morgan fingerprint density at radius 1 is 1.44 bits per heavy atom. The number of phenolic OH excluding ortho intramolecular Hbond substituents is 1. The van der Waals surface area contributed by atoms with Crippen LogP contribution in [0, 0.1) is 0 Å². The molecule has 2 rings (SSSR count). The van der Waals surface area contributed by atoms with Crippen LogP contribution >= 0.6 is 0 Å². The maximum Gasteiger partial charge on any atom is 0.134 e. The Morgan fingerprint density at radius 3 is 3.00 bits per heavy atom. The topological polar surface area (TPSA) is 29.5 Å². The highest BCUT2D eigenvalue weighted by atomic mass is 16.5. The van der Waals surface area contributed by atoms with Crippen molar-refractivity contribution in [2.75, 3.05) is 6.61 Å². The Hall–Kier alpha value is -1.70. The van der Waals surface area contributed by atoms with Crippen molar-refractivity contribution in [3.63, 3.8) is 0 Å². The number of allylic oxidation sites excluding steroid dienone is 2. The molecule has 16 heavy (non-hydrogen) atoms. The maximum atomic E-state index is 9.85. The predicted molar refractivity (Wildman–Crippen MR) is 65.8 cm³/mol. The molecule has 0 saturated heterocycles. The maximum absolute atomic E-state index is 9.85. The van der Waals surface area contributed by atoms with Gasteiger partial charge in [0.15, 0.2) is 0 Å². The van der Waals surface area contributed by atoms with E-state index in [1.165, 1.54) is 5.57 Å². The van der Waals surface area contributed by atoms with E-state index in [-0.39, 0.29) is 0 Å². The van der Waals surface area contributed by atoms with Crippen molar-refractivity contribution in [2.45, 2.75) is 20.3 Å². The van der Waals surface area contributed by atoms with Gasteiger partial charge >= 0.3 is 0 Å². The van der Waals surface area contributed by atoms with Crippen LogP contribution in [0.1, 0.15) is 25.0 Å². The molecule has 0 radical (unpaired) electrons. The van der Waals surface area contributed by atoms with Crippen molar-refractivity contribution >= 4 is 6.08 Å². The van der Waals surface area contributed by atoms with E-state index in [2.05, 4.69) is 6.08 Å². The van der Waals surface area contributed by atoms with Crippen molar-refractivity contribution in [1.29, 1.82) is 0 Å². The number of fused-ring (bicyclic) bond motifs is 1. The van der Waals surface area contributed by atoms with Crippen molar-refractivity contribution in [3.8, 4) is 11.5 Å². The SMILES string of the molecule is CC(C)=CCc1c(O)ccc2c1OCC=C2. The Morgan fingerprint density at radius 2 is 2.25 bits per heavy atom. The first kappa shape index (κ1) is 10.8. The highest BCUT2D eigenvalue weighted by Gasteiger charge is 2.14. The van der Waals surface area contributed by atoms with E-state index in [4.69, 9.17) is 4.74 Å². The highest BCUT2D eigenvalue weighted by Crippen LogP contribution is 2.35. The first-order valence-electron chi connectivity index (χ1n) is 5.46. The molecular formula is C14H16O2. The van der Waals surface area contributed by atoms with Gasteiger partial charge in [-0.05, 0) is 38.5 Å². The molecule has 1 aliphatic heterocycles. The van der Waals surface area contributed by atoms with E-state index in [0.717, 1.165) is 16.9 Å². The van der Waals surface area contributed by atoms with Gasteiger partial charge in [-0.2, -0.15) is 0 Å². The summed E-state index contributed by atoms with van der Waals surface area (Å²) in [5, 5.41) is 9.85. The largest absolute Gasteiger partial charge is 0.508 e. The zero-order valence-corrected chi connectivity index (χ0v) is 9.66. The van der Waals surface area contributed by atoms with Gasteiger partial charge in [-0.15, -0.1) is 0 Å². The summed E-state index contributed by atoms with van der Waals surface area (Å²) in [7, 11) is 0. The van der Waals surface area contributed by atoms with Gasteiger partial charge in [-0.1, -0.05) is 17.7 Å². The summed E-state index contributed by atoms with van der Waals surface area (Å²) in [4.78, 5) is 0. The lowest BCUT2D eigenvalue weighted by atomic mass is 10.0. The summed E-state index contributed by atoms with van der Waals surface area (Å²) in [5.41, 5.74) is 3.16. The lowest BCUT2D eigenvalue weighted by molar-refractivity contribution is 0.350. The third-order valence-corrected chi connectivity index (χ3v) is 2.60. The van der Waals surface area contributed by atoms with E-state index in [1.807, 2.05) is 32.1 Å². The molecule has 0 fully saturated rings. The second-order valence-corrected chi connectivity index (χ2v) is 4.18. The third-order valence-electron chi connectivity index (χ3n) is 2.60. The summed E-state index contributed by atoms with van der Waals surface area (Å²) in [6.07, 6.45) is 6.82. The van der Waals surface area contributed by atoms with E-state index in [9.17, 15) is 5.11 Å². The van der Waals surface area contributed by atoms with Crippen LogP contribution in [0.15, 0.2) is 29.9 Å². The van der Waals surface area contributed by atoms with Gasteiger partial charge in [0.1, 0.15) is 18.1 Å². The molecule has 0 unspecified atom stereocenters. The van der Waals surface area contributed by atoms with Crippen molar-refractivity contribution < 1.29 is 9.84 Å². The molecule has 1 heterocycles. The van der Waals surface area contributed by atoms with Crippen LogP contribution < -0.4 is 4.74 Å². The molecule has 84 valence electrons. The second kappa shape index (κ2) is 4.44. The summed E-state index contributed by atoms with van der Waals surface area (Å²) in [6.45, 7) is 4.68. The zero-order valence-electron chi connectivity index (χ0n) is 9.66. The average molecular weight is 216 g/mol. The van der Waals surface area contributed by atoms with Gasteiger partial charge in [0.25, 0.3) is 0 Å². The molecule has 0 aromatic heterocycles. The Labute approximate surface area is 95.9 Å². The van der Waals surface area contributed by atoms with Crippen LogP contribution in [0.4, 0.5) is 0 Å². The highest BCUT2D eigenvalue weighted by molar-refractivity contribution is 5.65. The Balaban J connectivity index is 2.42. The van der Waals surface area contributed by atoms with E-state index < -0.39 is 0 Å². The molecule has 0 bridgehead atoms. The fourth-order valence-electron chi connectivity index (χ4n) is 1.75. The quantitative estimate of drug-likeness (QED) is 0.768. The summed E-state index contributed by atoms with van der Waals surface area (Å²) < 4.78 is 5.59. The van der Waals surface area contributed by atoms with Crippen LogP contribution in [0.2, 0.25) is 0 Å². The third kappa shape index (κ3) is 2.11. The van der Waals surface area contributed by atoms with Crippen molar-refractivity contribution in [2.24, 2.45) is 0 Å². The minimum atomic E-state index is 0.312. The normalized spacial score (nSPS) is 12.9. The van der Waals surface area contributed by atoms with Gasteiger partial charge in [-0.25, -0.2) is 0 Å².